The minimum Gasteiger partial charge on any atom is -0.394 e. The lowest BCUT2D eigenvalue weighted by Gasteiger charge is -2.48. The average Bonchev–Trinajstić information content (AvgIpc) is 2.55. The van der Waals surface area contributed by atoms with Crippen LogP contribution in [0, 0.1) is 0 Å². The van der Waals surface area contributed by atoms with E-state index in [0.717, 1.165) is 0 Å². The molecule has 0 unspecified atom stereocenters. The van der Waals surface area contributed by atoms with Crippen LogP contribution < -0.4 is 0 Å². The van der Waals surface area contributed by atoms with Crippen LogP contribution in [-0.2, 0) is 14.2 Å². The number of rotatable bonds is 4. The van der Waals surface area contributed by atoms with Crippen molar-refractivity contribution < 1.29 is 55.1 Å². The van der Waals surface area contributed by atoms with E-state index in [4.69, 9.17) is 19.3 Å². The molecule has 0 spiro atoms. The van der Waals surface area contributed by atoms with Gasteiger partial charge in [0.15, 0.2) is 6.29 Å². The Bertz CT molecular complexity index is 395. The fourth-order valence-corrected chi connectivity index (χ4v) is 2.59. The highest BCUT2D eigenvalue weighted by molar-refractivity contribution is 4.96. The number of hydrogen-bond acceptors (Lipinski definition) is 11. The molecule has 0 amide bonds. The molecule has 2 rings (SSSR count). The molecule has 2 aliphatic heterocycles. The van der Waals surface area contributed by atoms with Gasteiger partial charge in [-0.2, -0.15) is 0 Å². The highest BCUT2D eigenvalue weighted by Crippen LogP contribution is 2.32. The van der Waals surface area contributed by atoms with Crippen molar-refractivity contribution in [3.05, 3.63) is 0 Å². The fourth-order valence-electron chi connectivity index (χ4n) is 2.59. The lowest BCUT2D eigenvalue weighted by atomic mass is 9.95. The molecule has 0 saturated carbocycles. The standard InChI is InChI=1S/C12H22O11/c13-1-5-7(17)8(18)9(11(20)22-5)23-12(3-14)10(19)6(16)4(15)2-21-12/h4-11,13-20H,1-3H2/t4-,5+,6-,7+,8-,9+,10+,11+,12-/m0/s1. The lowest BCUT2D eigenvalue weighted by Crippen LogP contribution is -2.68. The highest BCUT2D eigenvalue weighted by atomic mass is 16.8. The van der Waals surface area contributed by atoms with Crippen molar-refractivity contribution in [2.45, 2.75) is 54.8 Å². The number of aliphatic hydroxyl groups is 8. The van der Waals surface area contributed by atoms with Crippen LogP contribution >= 0.6 is 0 Å². The molecule has 2 fully saturated rings. The maximum atomic E-state index is 10.00. The van der Waals surface area contributed by atoms with Crippen LogP contribution in [0.25, 0.3) is 0 Å². The number of ether oxygens (including phenoxy) is 3. The summed E-state index contributed by atoms with van der Waals surface area (Å²) in [4.78, 5) is 0. The largest absolute Gasteiger partial charge is 0.394 e. The van der Waals surface area contributed by atoms with Gasteiger partial charge in [-0.25, -0.2) is 0 Å². The van der Waals surface area contributed by atoms with Crippen LogP contribution in [0.3, 0.4) is 0 Å². The number of aliphatic hydroxyl groups excluding tert-OH is 8. The minimum atomic E-state index is -2.25. The first-order chi connectivity index (χ1) is 10.8. The molecule has 23 heavy (non-hydrogen) atoms. The summed E-state index contributed by atoms with van der Waals surface area (Å²) in [5.41, 5.74) is 0. The Morgan fingerprint density at radius 2 is 1.61 bits per heavy atom. The van der Waals surface area contributed by atoms with E-state index in [-0.39, 0.29) is 0 Å². The Morgan fingerprint density at radius 3 is 2.17 bits per heavy atom. The third-order valence-corrected chi connectivity index (χ3v) is 4.07. The van der Waals surface area contributed by atoms with Gasteiger partial charge in [0.2, 0.25) is 5.79 Å². The Kier molecular flexibility index (Phi) is 5.92. The van der Waals surface area contributed by atoms with Gasteiger partial charge in [-0.05, 0) is 0 Å². The molecule has 0 aromatic carbocycles. The molecule has 2 aliphatic rings. The highest BCUT2D eigenvalue weighted by Gasteiger charge is 2.55. The third kappa shape index (κ3) is 3.36. The van der Waals surface area contributed by atoms with E-state index < -0.39 is 74.6 Å². The van der Waals surface area contributed by atoms with E-state index >= 15 is 0 Å². The second-order valence-corrected chi connectivity index (χ2v) is 5.60. The van der Waals surface area contributed by atoms with Crippen molar-refractivity contribution in [2.75, 3.05) is 19.8 Å². The van der Waals surface area contributed by atoms with Crippen LogP contribution in [0.4, 0.5) is 0 Å². The average molecular weight is 342 g/mol. The normalized spacial score (nSPS) is 51.7. The Labute approximate surface area is 130 Å². The van der Waals surface area contributed by atoms with E-state index in [2.05, 4.69) is 0 Å². The van der Waals surface area contributed by atoms with Gasteiger partial charge < -0.3 is 55.1 Å². The quantitative estimate of drug-likeness (QED) is 0.243. The van der Waals surface area contributed by atoms with Crippen LogP contribution in [0.2, 0.25) is 0 Å². The van der Waals surface area contributed by atoms with Gasteiger partial charge in [-0.1, -0.05) is 0 Å². The second-order valence-electron chi connectivity index (χ2n) is 5.60. The summed E-state index contributed by atoms with van der Waals surface area (Å²) in [6.45, 7) is -2.13. The third-order valence-electron chi connectivity index (χ3n) is 4.07. The zero-order chi connectivity index (χ0) is 17.4. The maximum Gasteiger partial charge on any atom is 0.221 e. The molecule has 2 heterocycles. The first-order valence-corrected chi connectivity index (χ1v) is 7.04. The van der Waals surface area contributed by atoms with Crippen molar-refractivity contribution in [1.82, 2.24) is 0 Å². The zero-order valence-corrected chi connectivity index (χ0v) is 12.0. The van der Waals surface area contributed by atoms with Crippen molar-refractivity contribution in [2.24, 2.45) is 0 Å². The van der Waals surface area contributed by atoms with E-state index in [0.29, 0.717) is 0 Å². The molecular formula is C12H22O11. The molecule has 11 nitrogen and oxygen atoms in total. The first-order valence-electron chi connectivity index (χ1n) is 7.04. The van der Waals surface area contributed by atoms with Crippen LogP contribution in [0.5, 0.6) is 0 Å². The van der Waals surface area contributed by atoms with Crippen molar-refractivity contribution in [3.63, 3.8) is 0 Å². The summed E-state index contributed by atoms with van der Waals surface area (Å²) in [7, 11) is 0. The topological polar surface area (TPSA) is 190 Å². The SMILES string of the molecule is OC[C@H]1O[C@@H](O)[C@H](O[C@]2(CO)OC[C@H](O)[C@H](O)[C@H]2O)[C@@H](O)[C@@H]1O. The summed E-state index contributed by atoms with van der Waals surface area (Å²) in [6.07, 6.45) is -13.1. The molecule has 0 aromatic rings. The predicted octanol–water partition coefficient (Wildman–Crippen LogP) is -5.40. The molecule has 9 atom stereocenters. The van der Waals surface area contributed by atoms with E-state index in [1.165, 1.54) is 0 Å². The predicted molar refractivity (Wildman–Crippen MR) is 68.6 cm³/mol. The lowest BCUT2D eigenvalue weighted by molar-refractivity contribution is -0.399. The maximum absolute atomic E-state index is 10.00. The van der Waals surface area contributed by atoms with Crippen LogP contribution in [0.1, 0.15) is 0 Å². The first kappa shape index (κ1) is 18.9. The van der Waals surface area contributed by atoms with Gasteiger partial charge in [0, 0.05) is 0 Å². The van der Waals surface area contributed by atoms with Crippen molar-refractivity contribution in [1.29, 1.82) is 0 Å². The summed E-state index contributed by atoms with van der Waals surface area (Å²) in [5, 5.41) is 77.2. The van der Waals surface area contributed by atoms with Crippen molar-refractivity contribution >= 4 is 0 Å². The molecule has 8 N–H and O–H groups in total. The summed E-state index contributed by atoms with van der Waals surface area (Å²) in [6, 6.07) is 0. The Balaban J connectivity index is 2.18. The molecule has 0 aliphatic carbocycles. The van der Waals surface area contributed by atoms with Gasteiger partial charge in [-0.15, -0.1) is 0 Å². The Morgan fingerprint density at radius 1 is 0.957 bits per heavy atom. The van der Waals surface area contributed by atoms with Gasteiger partial charge in [-0.3, -0.25) is 0 Å². The molecular weight excluding hydrogens is 320 g/mol. The van der Waals surface area contributed by atoms with E-state index in [1.807, 2.05) is 0 Å². The fraction of sp³-hybridized carbons (Fsp3) is 1.00. The monoisotopic (exact) mass is 342 g/mol. The van der Waals surface area contributed by atoms with E-state index in [1.54, 1.807) is 0 Å². The van der Waals surface area contributed by atoms with Gasteiger partial charge in [0.1, 0.15) is 49.3 Å². The molecule has 0 aromatic heterocycles. The second kappa shape index (κ2) is 7.21. The van der Waals surface area contributed by atoms with Gasteiger partial charge >= 0.3 is 0 Å². The molecule has 2 saturated heterocycles. The van der Waals surface area contributed by atoms with Crippen LogP contribution in [0.15, 0.2) is 0 Å². The van der Waals surface area contributed by atoms with Crippen LogP contribution in [-0.4, -0.2) is 115 Å². The molecule has 0 radical (unpaired) electrons. The van der Waals surface area contributed by atoms with Crippen molar-refractivity contribution in [3.8, 4) is 0 Å². The van der Waals surface area contributed by atoms with E-state index in [9.17, 15) is 35.7 Å². The number of hydrogen-bond donors (Lipinski definition) is 8. The smallest absolute Gasteiger partial charge is 0.221 e. The molecule has 11 heteroatoms. The summed E-state index contributed by atoms with van der Waals surface area (Å²) >= 11 is 0. The zero-order valence-electron chi connectivity index (χ0n) is 12.0. The summed E-state index contributed by atoms with van der Waals surface area (Å²) in [5.74, 6) is -2.25. The summed E-state index contributed by atoms with van der Waals surface area (Å²) < 4.78 is 15.2. The molecule has 0 bridgehead atoms. The van der Waals surface area contributed by atoms with Gasteiger partial charge in [0.05, 0.1) is 13.2 Å². The Hall–Kier alpha value is -0.440. The molecule has 136 valence electrons. The van der Waals surface area contributed by atoms with Gasteiger partial charge in [0.25, 0.3) is 0 Å². The minimum absolute atomic E-state index is 0.486.